The predicted molar refractivity (Wildman–Crippen MR) is 70.7 cm³/mol. The van der Waals surface area contributed by atoms with Gasteiger partial charge in [0.1, 0.15) is 5.82 Å². The van der Waals surface area contributed by atoms with Crippen LogP contribution in [-0.4, -0.2) is 35.0 Å². The number of hydrogen-bond acceptors (Lipinski definition) is 4. The van der Waals surface area contributed by atoms with E-state index in [1.807, 2.05) is 13.1 Å². The second-order valence-electron chi connectivity index (χ2n) is 4.91. The molecule has 5 heteroatoms. The van der Waals surface area contributed by atoms with E-state index in [-0.39, 0.29) is 0 Å². The molecule has 0 atom stereocenters. The topological polar surface area (TPSA) is 60.1 Å². The van der Waals surface area contributed by atoms with Gasteiger partial charge in [-0.15, -0.1) is 0 Å². The Morgan fingerprint density at radius 2 is 2.26 bits per heavy atom. The summed E-state index contributed by atoms with van der Waals surface area (Å²) in [6.07, 6.45) is 4.26. The quantitative estimate of drug-likeness (QED) is 0.813. The molecule has 0 N–H and O–H groups in total. The highest BCUT2D eigenvalue weighted by Crippen LogP contribution is 2.24. The third-order valence-electron chi connectivity index (χ3n) is 3.51. The van der Waals surface area contributed by atoms with E-state index in [2.05, 4.69) is 22.5 Å². The summed E-state index contributed by atoms with van der Waals surface area (Å²) in [6, 6.07) is 2.31. The maximum absolute atomic E-state index is 9.29. The van der Waals surface area contributed by atoms with Crippen LogP contribution in [-0.2, 0) is 22.4 Å². The first kappa shape index (κ1) is 14.0. The maximum Gasteiger partial charge on any atom is 0.158 e. The third kappa shape index (κ3) is 3.34. The molecule has 104 valence electrons. The smallest absolute Gasteiger partial charge is 0.158 e. The molecular formula is C14H21N3O2. The molecule has 0 unspecified atom stereocenters. The molecule has 1 aliphatic heterocycles. The van der Waals surface area contributed by atoms with Crippen molar-refractivity contribution in [2.24, 2.45) is 0 Å². The van der Waals surface area contributed by atoms with Crippen LogP contribution >= 0.6 is 0 Å². The largest absolute Gasteiger partial charge is 0.381 e. The Balaban J connectivity index is 1.90. The van der Waals surface area contributed by atoms with Crippen molar-refractivity contribution in [2.75, 3.05) is 19.8 Å². The summed E-state index contributed by atoms with van der Waals surface area (Å²) >= 11 is 0. The van der Waals surface area contributed by atoms with Crippen LogP contribution < -0.4 is 0 Å². The van der Waals surface area contributed by atoms with Crippen molar-refractivity contribution in [3.8, 4) is 6.07 Å². The van der Waals surface area contributed by atoms with E-state index in [9.17, 15) is 5.26 Å². The SMILES string of the molecule is CCc1nc(C)cn1CCOC1(C#N)CCOCC1. The van der Waals surface area contributed by atoms with Crippen molar-refractivity contribution < 1.29 is 9.47 Å². The van der Waals surface area contributed by atoms with Gasteiger partial charge in [-0.1, -0.05) is 6.92 Å². The van der Waals surface area contributed by atoms with Crippen LogP contribution in [0.1, 0.15) is 31.3 Å². The molecule has 0 aliphatic carbocycles. The molecule has 2 rings (SSSR count). The highest BCUT2D eigenvalue weighted by Gasteiger charge is 2.33. The summed E-state index contributed by atoms with van der Waals surface area (Å²) in [4.78, 5) is 4.45. The molecule has 2 heterocycles. The Hall–Kier alpha value is -1.38. The molecule has 1 saturated heterocycles. The van der Waals surface area contributed by atoms with Crippen LogP contribution in [0, 0.1) is 18.3 Å². The van der Waals surface area contributed by atoms with Gasteiger partial charge in [0.15, 0.2) is 5.60 Å². The van der Waals surface area contributed by atoms with Crippen molar-refractivity contribution >= 4 is 0 Å². The number of nitriles is 1. The molecule has 5 nitrogen and oxygen atoms in total. The normalized spacial score (nSPS) is 18.2. The van der Waals surface area contributed by atoms with Crippen molar-refractivity contribution in [3.05, 3.63) is 17.7 Å². The monoisotopic (exact) mass is 263 g/mol. The lowest BCUT2D eigenvalue weighted by Gasteiger charge is -2.30. The lowest BCUT2D eigenvalue weighted by Crippen LogP contribution is -2.38. The number of ether oxygens (including phenoxy) is 2. The van der Waals surface area contributed by atoms with Gasteiger partial charge in [-0.05, 0) is 6.92 Å². The fraction of sp³-hybridized carbons (Fsp3) is 0.714. The molecular weight excluding hydrogens is 242 g/mol. The van der Waals surface area contributed by atoms with E-state index in [0.717, 1.165) is 24.5 Å². The van der Waals surface area contributed by atoms with Crippen LogP contribution in [0.2, 0.25) is 0 Å². The summed E-state index contributed by atoms with van der Waals surface area (Å²) in [5.74, 6) is 1.07. The Morgan fingerprint density at radius 3 is 2.89 bits per heavy atom. The summed E-state index contributed by atoms with van der Waals surface area (Å²) in [5, 5.41) is 9.29. The molecule has 1 fully saturated rings. The molecule has 1 aliphatic rings. The van der Waals surface area contributed by atoms with Gasteiger partial charge in [0.2, 0.25) is 0 Å². The minimum absolute atomic E-state index is 0.538. The van der Waals surface area contributed by atoms with Crippen LogP contribution in [0.15, 0.2) is 6.20 Å². The third-order valence-corrected chi connectivity index (χ3v) is 3.51. The van der Waals surface area contributed by atoms with Gasteiger partial charge < -0.3 is 14.0 Å². The van der Waals surface area contributed by atoms with E-state index in [1.54, 1.807) is 0 Å². The van der Waals surface area contributed by atoms with Crippen molar-refractivity contribution in [1.82, 2.24) is 9.55 Å². The maximum atomic E-state index is 9.29. The lowest BCUT2D eigenvalue weighted by atomic mass is 9.96. The molecule has 0 bridgehead atoms. The zero-order chi connectivity index (χ0) is 13.7. The second-order valence-corrected chi connectivity index (χ2v) is 4.91. The Bertz CT molecular complexity index is 456. The Labute approximate surface area is 114 Å². The number of aromatic nitrogens is 2. The van der Waals surface area contributed by atoms with E-state index < -0.39 is 5.60 Å². The summed E-state index contributed by atoms with van der Waals surface area (Å²) in [5.41, 5.74) is 0.373. The van der Waals surface area contributed by atoms with Gasteiger partial charge >= 0.3 is 0 Å². The molecule has 0 radical (unpaired) electrons. The average molecular weight is 263 g/mol. The molecule has 0 saturated carbocycles. The lowest BCUT2D eigenvalue weighted by molar-refractivity contribution is -0.0778. The number of aryl methyl sites for hydroxylation is 2. The van der Waals surface area contributed by atoms with Gasteiger partial charge in [-0.25, -0.2) is 4.98 Å². The van der Waals surface area contributed by atoms with E-state index in [0.29, 0.717) is 32.7 Å². The molecule has 0 spiro atoms. The minimum atomic E-state index is -0.653. The Morgan fingerprint density at radius 1 is 1.53 bits per heavy atom. The molecule has 0 aromatic carbocycles. The van der Waals surface area contributed by atoms with Crippen LogP contribution in [0.4, 0.5) is 0 Å². The second kappa shape index (κ2) is 6.18. The summed E-state index contributed by atoms with van der Waals surface area (Å²) in [6.45, 7) is 6.58. The molecule has 0 amide bonds. The fourth-order valence-corrected chi connectivity index (χ4v) is 2.40. The number of nitrogens with zero attached hydrogens (tertiary/aromatic N) is 3. The van der Waals surface area contributed by atoms with Gasteiger partial charge in [0.05, 0.1) is 31.6 Å². The number of rotatable bonds is 5. The van der Waals surface area contributed by atoms with Crippen molar-refractivity contribution in [1.29, 1.82) is 5.26 Å². The van der Waals surface area contributed by atoms with Gasteiger partial charge in [-0.3, -0.25) is 0 Å². The van der Waals surface area contributed by atoms with Crippen LogP contribution in [0.3, 0.4) is 0 Å². The first-order valence-corrected chi connectivity index (χ1v) is 6.85. The van der Waals surface area contributed by atoms with Crippen LogP contribution in [0.5, 0.6) is 0 Å². The highest BCUT2D eigenvalue weighted by atomic mass is 16.5. The van der Waals surface area contributed by atoms with Crippen molar-refractivity contribution in [3.63, 3.8) is 0 Å². The van der Waals surface area contributed by atoms with Gasteiger partial charge in [0.25, 0.3) is 0 Å². The zero-order valence-corrected chi connectivity index (χ0v) is 11.7. The predicted octanol–water partition coefficient (Wildman–Crippen LogP) is 1.84. The van der Waals surface area contributed by atoms with E-state index >= 15 is 0 Å². The standard InChI is InChI=1S/C14H21N3O2/c1-3-13-16-12(2)10-17(13)6-9-19-14(11-15)4-7-18-8-5-14/h10H,3-9H2,1-2H3. The van der Waals surface area contributed by atoms with Crippen molar-refractivity contribution in [2.45, 2.75) is 45.3 Å². The molecule has 19 heavy (non-hydrogen) atoms. The molecule has 1 aromatic rings. The van der Waals surface area contributed by atoms with E-state index in [1.165, 1.54) is 0 Å². The van der Waals surface area contributed by atoms with Gasteiger partial charge in [0, 0.05) is 32.0 Å². The fourth-order valence-electron chi connectivity index (χ4n) is 2.40. The first-order chi connectivity index (χ1) is 9.19. The minimum Gasteiger partial charge on any atom is -0.381 e. The average Bonchev–Trinajstić information content (AvgIpc) is 2.80. The van der Waals surface area contributed by atoms with Crippen LogP contribution in [0.25, 0.3) is 0 Å². The van der Waals surface area contributed by atoms with Gasteiger partial charge in [-0.2, -0.15) is 5.26 Å². The summed E-state index contributed by atoms with van der Waals surface area (Å²) in [7, 11) is 0. The number of imidazole rings is 1. The summed E-state index contributed by atoms with van der Waals surface area (Å²) < 4.78 is 13.2. The first-order valence-electron chi connectivity index (χ1n) is 6.85. The van der Waals surface area contributed by atoms with E-state index in [4.69, 9.17) is 9.47 Å². The number of hydrogen-bond donors (Lipinski definition) is 0. The Kier molecular flexibility index (Phi) is 4.56. The molecule has 1 aromatic heterocycles. The highest BCUT2D eigenvalue weighted by molar-refractivity contribution is 5.04. The zero-order valence-electron chi connectivity index (χ0n) is 11.7.